The van der Waals surface area contributed by atoms with Gasteiger partial charge in [0, 0.05) is 13.0 Å². The fourth-order valence-electron chi connectivity index (χ4n) is 2.03. The van der Waals surface area contributed by atoms with E-state index in [0.29, 0.717) is 12.5 Å². The van der Waals surface area contributed by atoms with E-state index in [1.54, 1.807) is 7.11 Å². The molecule has 0 N–H and O–H groups in total. The lowest BCUT2D eigenvalue weighted by molar-refractivity contribution is -0.158. The van der Waals surface area contributed by atoms with E-state index in [1.165, 1.54) is 25.7 Å². The van der Waals surface area contributed by atoms with Crippen molar-refractivity contribution in [2.75, 3.05) is 20.3 Å². The van der Waals surface area contributed by atoms with Gasteiger partial charge in [0.2, 0.25) is 0 Å². The van der Waals surface area contributed by atoms with Crippen molar-refractivity contribution in [2.24, 2.45) is 17.0 Å². The lowest BCUT2D eigenvalue weighted by atomic mass is 9.99. The Hall–Kier alpha value is -0.480. The minimum absolute atomic E-state index is 0.0152. The number of nitroso groups, excluding NO2 is 1. The largest absolute Gasteiger partial charge is 0.356 e. The standard InChI is InChI=1S/C13H27NO3/c1-5-7-12(8-6-2)10-17-13(16-4)11(3)9-14-15/h11-13H,5-10H2,1-4H3. The van der Waals surface area contributed by atoms with Crippen LogP contribution in [-0.2, 0) is 9.47 Å². The maximum Gasteiger partial charge on any atom is 0.161 e. The molecule has 0 aromatic heterocycles. The van der Waals surface area contributed by atoms with Crippen LogP contribution in [0.5, 0.6) is 0 Å². The Labute approximate surface area is 105 Å². The Morgan fingerprint density at radius 1 is 1.18 bits per heavy atom. The van der Waals surface area contributed by atoms with Crippen molar-refractivity contribution in [3.63, 3.8) is 0 Å². The van der Waals surface area contributed by atoms with E-state index in [9.17, 15) is 4.91 Å². The molecule has 0 saturated carbocycles. The second-order valence-electron chi connectivity index (χ2n) is 4.67. The Morgan fingerprint density at radius 2 is 1.76 bits per heavy atom. The normalized spacial score (nSPS) is 14.9. The second kappa shape index (κ2) is 10.7. The first-order valence-electron chi connectivity index (χ1n) is 6.63. The van der Waals surface area contributed by atoms with Crippen molar-refractivity contribution >= 4 is 0 Å². The minimum Gasteiger partial charge on any atom is -0.356 e. The van der Waals surface area contributed by atoms with Crippen LogP contribution < -0.4 is 0 Å². The number of hydrogen-bond donors (Lipinski definition) is 0. The molecule has 4 heteroatoms. The molecule has 0 spiro atoms. The number of ether oxygens (including phenoxy) is 2. The van der Waals surface area contributed by atoms with Gasteiger partial charge in [-0.15, -0.1) is 0 Å². The van der Waals surface area contributed by atoms with Crippen molar-refractivity contribution in [3.05, 3.63) is 4.91 Å². The van der Waals surface area contributed by atoms with E-state index >= 15 is 0 Å². The molecule has 4 nitrogen and oxygen atoms in total. The zero-order chi connectivity index (χ0) is 13.1. The van der Waals surface area contributed by atoms with E-state index in [1.807, 2.05) is 6.92 Å². The molecule has 0 aliphatic heterocycles. The Morgan fingerprint density at radius 3 is 2.18 bits per heavy atom. The summed E-state index contributed by atoms with van der Waals surface area (Å²) >= 11 is 0. The topological polar surface area (TPSA) is 47.9 Å². The highest BCUT2D eigenvalue weighted by Crippen LogP contribution is 2.17. The first-order chi connectivity index (χ1) is 8.19. The molecular formula is C13H27NO3. The summed E-state index contributed by atoms with van der Waals surface area (Å²) in [6, 6.07) is 0. The molecule has 0 amide bonds. The molecule has 102 valence electrons. The molecule has 0 saturated heterocycles. The van der Waals surface area contributed by atoms with Gasteiger partial charge < -0.3 is 9.47 Å². The third-order valence-corrected chi connectivity index (χ3v) is 2.95. The van der Waals surface area contributed by atoms with Crippen LogP contribution in [0.15, 0.2) is 5.18 Å². The molecule has 0 aromatic rings. The molecule has 0 fully saturated rings. The highest BCUT2D eigenvalue weighted by molar-refractivity contribution is 4.62. The van der Waals surface area contributed by atoms with Crippen molar-refractivity contribution in [1.82, 2.24) is 0 Å². The summed E-state index contributed by atoms with van der Waals surface area (Å²) in [4.78, 5) is 10.2. The van der Waals surface area contributed by atoms with Crippen LogP contribution in [0.3, 0.4) is 0 Å². The lowest BCUT2D eigenvalue weighted by Crippen LogP contribution is -2.28. The van der Waals surface area contributed by atoms with Crippen LogP contribution in [-0.4, -0.2) is 26.6 Å². The zero-order valence-electron chi connectivity index (χ0n) is 11.6. The highest BCUT2D eigenvalue weighted by atomic mass is 16.7. The summed E-state index contributed by atoms with van der Waals surface area (Å²) in [5.74, 6) is 0.612. The van der Waals surface area contributed by atoms with Gasteiger partial charge in [-0.2, -0.15) is 4.91 Å². The third kappa shape index (κ3) is 7.45. The van der Waals surface area contributed by atoms with Gasteiger partial charge in [-0.05, 0) is 18.8 Å². The van der Waals surface area contributed by atoms with Gasteiger partial charge >= 0.3 is 0 Å². The van der Waals surface area contributed by atoms with Gasteiger partial charge in [0.05, 0.1) is 13.2 Å². The summed E-state index contributed by atoms with van der Waals surface area (Å²) in [6.07, 6.45) is 4.41. The third-order valence-electron chi connectivity index (χ3n) is 2.95. The predicted molar refractivity (Wildman–Crippen MR) is 69.9 cm³/mol. The van der Waals surface area contributed by atoms with Crippen LogP contribution in [0, 0.1) is 16.7 Å². The molecule has 0 heterocycles. The van der Waals surface area contributed by atoms with E-state index < -0.39 is 0 Å². The molecule has 0 rings (SSSR count). The highest BCUT2D eigenvalue weighted by Gasteiger charge is 2.19. The average Bonchev–Trinajstić information content (AvgIpc) is 2.30. The SMILES string of the molecule is CCCC(CCC)COC(OC)C(C)CN=O. The van der Waals surface area contributed by atoms with Crippen molar-refractivity contribution in [1.29, 1.82) is 0 Å². The first kappa shape index (κ1) is 16.5. The zero-order valence-corrected chi connectivity index (χ0v) is 11.6. The van der Waals surface area contributed by atoms with Crippen LogP contribution in [0.2, 0.25) is 0 Å². The molecule has 0 aromatic carbocycles. The first-order valence-corrected chi connectivity index (χ1v) is 6.63. The average molecular weight is 245 g/mol. The summed E-state index contributed by atoms with van der Waals surface area (Å²) in [5.41, 5.74) is 0. The predicted octanol–water partition coefficient (Wildman–Crippen LogP) is 3.59. The summed E-state index contributed by atoms with van der Waals surface area (Å²) < 4.78 is 11.0. The summed E-state index contributed by atoms with van der Waals surface area (Å²) in [6.45, 7) is 7.25. The van der Waals surface area contributed by atoms with E-state index in [0.717, 1.165) is 0 Å². The van der Waals surface area contributed by atoms with Gasteiger partial charge in [0.1, 0.15) is 0 Å². The van der Waals surface area contributed by atoms with E-state index in [2.05, 4.69) is 19.0 Å². The van der Waals surface area contributed by atoms with Gasteiger partial charge in [-0.1, -0.05) is 38.8 Å². The Kier molecular flexibility index (Phi) is 10.4. The van der Waals surface area contributed by atoms with Crippen molar-refractivity contribution in [3.8, 4) is 0 Å². The van der Waals surface area contributed by atoms with Crippen LogP contribution in [0.25, 0.3) is 0 Å². The maximum atomic E-state index is 10.2. The summed E-state index contributed by atoms with van der Waals surface area (Å²) in [5, 5.41) is 2.89. The Bertz CT molecular complexity index is 182. The monoisotopic (exact) mass is 245 g/mol. The molecule has 0 bridgehead atoms. The fraction of sp³-hybridized carbons (Fsp3) is 1.00. The molecule has 0 aliphatic carbocycles. The number of rotatable bonds is 11. The van der Waals surface area contributed by atoms with Crippen LogP contribution in [0.1, 0.15) is 46.5 Å². The summed E-state index contributed by atoms with van der Waals surface area (Å²) in [7, 11) is 1.61. The van der Waals surface area contributed by atoms with Gasteiger partial charge in [0.15, 0.2) is 6.29 Å². The van der Waals surface area contributed by atoms with Crippen molar-refractivity contribution < 1.29 is 9.47 Å². The minimum atomic E-state index is -0.316. The lowest BCUT2D eigenvalue weighted by Gasteiger charge is -2.24. The number of hydrogen-bond acceptors (Lipinski definition) is 4. The van der Waals surface area contributed by atoms with Gasteiger partial charge in [-0.25, -0.2) is 0 Å². The van der Waals surface area contributed by atoms with Crippen LogP contribution >= 0.6 is 0 Å². The Balaban J connectivity index is 4.03. The molecule has 17 heavy (non-hydrogen) atoms. The molecule has 0 aliphatic rings. The van der Waals surface area contributed by atoms with E-state index in [4.69, 9.17) is 9.47 Å². The van der Waals surface area contributed by atoms with Gasteiger partial charge in [0.25, 0.3) is 0 Å². The smallest absolute Gasteiger partial charge is 0.161 e. The molecule has 2 atom stereocenters. The van der Waals surface area contributed by atoms with Crippen molar-refractivity contribution in [2.45, 2.75) is 52.7 Å². The molecular weight excluding hydrogens is 218 g/mol. The number of nitrogens with zero attached hydrogens (tertiary/aromatic N) is 1. The fourth-order valence-corrected chi connectivity index (χ4v) is 2.03. The van der Waals surface area contributed by atoms with Gasteiger partial charge in [-0.3, -0.25) is 0 Å². The number of methoxy groups -OCH3 is 1. The quantitative estimate of drug-likeness (QED) is 0.413. The van der Waals surface area contributed by atoms with E-state index in [-0.39, 0.29) is 18.8 Å². The molecule has 0 radical (unpaired) electrons. The maximum absolute atomic E-state index is 10.2. The van der Waals surface area contributed by atoms with Crippen LogP contribution in [0.4, 0.5) is 0 Å². The second-order valence-corrected chi connectivity index (χ2v) is 4.67. The molecule has 2 unspecified atom stereocenters.